The molecule has 2 N–H and O–H groups in total. The minimum Gasteiger partial charge on any atom is -0.390 e. The second-order valence-corrected chi connectivity index (χ2v) is 5.11. The molecule has 0 aromatic carbocycles. The van der Waals surface area contributed by atoms with Crippen molar-refractivity contribution in [3.05, 3.63) is 22.4 Å². The number of aliphatic hydroxyl groups is 1. The van der Waals surface area contributed by atoms with E-state index in [1.54, 1.807) is 11.3 Å². The third-order valence-corrected chi connectivity index (χ3v) is 3.28. The fraction of sp³-hybridized carbons (Fsp3) is 0.636. The maximum absolute atomic E-state index is 12.9. The van der Waals surface area contributed by atoms with Gasteiger partial charge in [0, 0.05) is 10.9 Å². The summed E-state index contributed by atoms with van der Waals surface area (Å²) < 4.78 is 25.8. The van der Waals surface area contributed by atoms with E-state index in [9.17, 15) is 8.78 Å². The number of halogens is 2. The van der Waals surface area contributed by atoms with Gasteiger partial charge in [0.2, 0.25) is 0 Å². The van der Waals surface area contributed by atoms with E-state index in [4.69, 9.17) is 5.11 Å². The maximum atomic E-state index is 12.9. The molecule has 1 unspecified atom stereocenters. The third-order valence-electron chi connectivity index (χ3n) is 2.33. The highest BCUT2D eigenvalue weighted by molar-refractivity contribution is 7.10. The van der Waals surface area contributed by atoms with Gasteiger partial charge in [0.15, 0.2) is 0 Å². The Morgan fingerprint density at radius 2 is 2.19 bits per heavy atom. The minimum absolute atomic E-state index is 0.0857. The van der Waals surface area contributed by atoms with Gasteiger partial charge in [0.25, 0.3) is 5.92 Å². The smallest absolute Gasteiger partial charge is 0.282 e. The van der Waals surface area contributed by atoms with Crippen molar-refractivity contribution in [1.29, 1.82) is 0 Å². The van der Waals surface area contributed by atoms with Gasteiger partial charge in [-0.2, -0.15) is 0 Å². The number of thiophene rings is 1. The quantitative estimate of drug-likeness (QED) is 0.812. The number of alkyl halides is 2. The molecule has 92 valence electrons. The van der Waals surface area contributed by atoms with Crippen LogP contribution in [0, 0.1) is 5.92 Å². The van der Waals surface area contributed by atoms with Crippen LogP contribution in [-0.4, -0.2) is 24.2 Å². The molecule has 0 aliphatic heterocycles. The Hall–Kier alpha value is -0.520. The van der Waals surface area contributed by atoms with Crippen LogP contribution in [0.2, 0.25) is 0 Å². The molecule has 1 heterocycles. The van der Waals surface area contributed by atoms with Crippen molar-refractivity contribution in [3.8, 4) is 0 Å². The molecule has 0 saturated carbocycles. The second kappa shape index (κ2) is 5.70. The van der Waals surface area contributed by atoms with Gasteiger partial charge in [-0.05, 0) is 17.4 Å². The summed E-state index contributed by atoms with van der Waals surface area (Å²) >= 11 is 1.55. The monoisotopic (exact) mass is 249 g/mol. The molecule has 0 radical (unpaired) electrons. The largest absolute Gasteiger partial charge is 0.390 e. The Bertz CT molecular complexity index is 301. The van der Waals surface area contributed by atoms with Crippen molar-refractivity contribution in [2.75, 3.05) is 13.2 Å². The van der Waals surface area contributed by atoms with Crippen LogP contribution < -0.4 is 5.32 Å². The van der Waals surface area contributed by atoms with E-state index >= 15 is 0 Å². The number of aliphatic hydroxyl groups excluding tert-OH is 1. The van der Waals surface area contributed by atoms with Crippen molar-refractivity contribution >= 4 is 11.3 Å². The van der Waals surface area contributed by atoms with Crippen LogP contribution in [0.3, 0.4) is 0 Å². The molecule has 0 amide bonds. The Morgan fingerprint density at radius 3 is 2.62 bits per heavy atom. The van der Waals surface area contributed by atoms with E-state index in [0.29, 0.717) is 0 Å². The lowest BCUT2D eigenvalue weighted by molar-refractivity contribution is -0.0501. The molecule has 1 rings (SSSR count). The molecule has 2 nitrogen and oxygen atoms in total. The fourth-order valence-corrected chi connectivity index (χ4v) is 2.42. The van der Waals surface area contributed by atoms with Crippen molar-refractivity contribution < 1.29 is 13.9 Å². The van der Waals surface area contributed by atoms with Gasteiger partial charge in [-0.25, -0.2) is 8.78 Å². The third kappa shape index (κ3) is 3.81. The van der Waals surface area contributed by atoms with Gasteiger partial charge in [-0.15, -0.1) is 11.3 Å². The van der Waals surface area contributed by atoms with E-state index in [1.165, 1.54) is 0 Å². The van der Waals surface area contributed by atoms with E-state index in [1.807, 2.05) is 31.4 Å². The summed E-state index contributed by atoms with van der Waals surface area (Å²) in [7, 11) is 0. The molecule has 1 aromatic heterocycles. The van der Waals surface area contributed by atoms with Crippen molar-refractivity contribution in [2.24, 2.45) is 5.92 Å². The molecular formula is C11H17F2NOS. The molecular weight excluding hydrogens is 232 g/mol. The topological polar surface area (TPSA) is 32.3 Å². The van der Waals surface area contributed by atoms with Crippen LogP contribution in [-0.2, 0) is 0 Å². The van der Waals surface area contributed by atoms with Gasteiger partial charge >= 0.3 is 0 Å². The van der Waals surface area contributed by atoms with Gasteiger partial charge in [-0.3, -0.25) is 0 Å². The number of nitrogens with one attached hydrogen (secondary N) is 1. The average molecular weight is 249 g/mol. The van der Waals surface area contributed by atoms with Crippen LogP contribution in [0.15, 0.2) is 17.5 Å². The molecule has 0 bridgehead atoms. The number of hydrogen-bond donors (Lipinski definition) is 2. The first-order chi connectivity index (χ1) is 7.46. The first kappa shape index (κ1) is 13.5. The predicted octanol–water partition coefficient (Wildman–Crippen LogP) is 2.66. The van der Waals surface area contributed by atoms with Crippen LogP contribution in [0.25, 0.3) is 0 Å². The number of hydrogen-bond acceptors (Lipinski definition) is 3. The lowest BCUT2D eigenvalue weighted by Gasteiger charge is -2.24. The molecule has 0 spiro atoms. The molecule has 1 atom stereocenters. The second-order valence-electron chi connectivity index (χ2n) is 4.13. The summed E-state index contributed by atoms with van der Waals surface area (Å²) in [4.78, 5) is 1.05. The molecule has 0 fully saturated rings. The van der Waals surface area contributed by atoms with E-state index in [0.717, 1.165) is 4.88 Å². The van der Waals surface area contributed by atoms with Crippen molar-refractivity contribution in [3.63, 3.8) is 0 Å². The highest BCUT2D eigenvalue weighted by atomic mass is 32.1. The molecule has 1 aromatic rings. The molecule has 0 aliphatic rings. The zero-order chi connectivity index (χ0) is 12.2. The van der Waals surface area contributed by atoms with Crippen LogP contribution in [0.5, 0.6) is 0 Å². The molecule has 0 saturated heterocycles. The SMILES string of the molecule is CC(C)C(NCC(F)(F)CO)c1cccs1. The average Bonchev–Trinajstić information content (AvgIpc) is 2.71. The number of rotatable bonds is 6. The first-order valence-corrected chi connectivity index (χ1v) is 6.10. The summed E-state index contributed by atoms with van der Waals surface area (Å²) in [6.07, 6.45) is 0. The zero-order valence-electron chi connectivity index (χ0n) is 9.41. The summed E-state index contributed by atoms with van der Waals surface area (Å²) in [5, 5.41) is 13.2. The normalized spacial score (nSPS) is 14.4. The summed E-state index contributed by atoms with van der Waals surface area (Å²) in [6, 6.07) is 3.75. The van der Waals surface area contributed by atoms with Gasteiger partial charge in [0.1, 0.15) is 6.61 Å². The minimum atomic E-state index is -3.05. The molecule has 5 heteroatoms. The van der Waals surface area contributed by atoms with Gasteiger partial charge < -0.3 is 10.4 Å². The first-order valence-electron chi connectivity index (χ1n) is 5.22. The Labute approximate surface area is 98.3 Å². The van der Waals surface area contributed by atoms with Crippen molar-refractivity contribution in [2.45, 2.75) is 25.8 Å². The summed E-state index contributed by atoms with van der Waals surface area (Å²) in [5.74, 6) is -2.82. The lowest BCUT2D eigenvalue weighted by atomic mass is 10.0. The highest BCUT2D eigenvalue weighted by Crippen LogP contribution is 2.26. The fourth-order valence-electron chi connectivity index (χ4n) is 1.45. The maximum Gasteiger partial charge on any atom is 0.282 e. The predicted molar refractivity (Wildman–Crippen MR) is 61.9 cm³/mol. The van der Waals surface area contributed by atoms with Crippen LogP contribution in [0.1, 0.15) is 24.8 Å². The highest BCUT2D eigenvalue weighted by Gasteiger charge is 2.29. The Morgan fingerprint density at radius 1 is 1.50 bits per heavy atom. The van der Waals surface area contributed by atoms with E-state index in [2.05, 4.69) is 5.32 Å². The molecule has 16 heavy (non-hydrogen) atoms. The summed E-state index contributed by atoms with van der Waals surface area (Å²) in [5.41, 5.74) is 0. The van der Waals surface area contributed by atoms with Crippen molar-refractivity contribution in [1.82, 2.24) is 5.32 Å². The summed E-state index contributed by atoms with van der Waals surface area (Å²) in [6.45, 7) is 2.35. The van der Waals surface area contributed by atoms with Gasteiger partial charge in [0.05, 0.1) is 6.54 Å². The zero-order valence-corrected chi connectivity index (χ0v) is 10.2. The Kier molecular flexibility index (Phi) is 4.83. The van der Waals surface area contributed by atoms with Gasteiger partial charge in [-0.1, -0.05) is 19.9 Å². The lowest BCUT2D eigenvalue weighted by Crippen LogP contribution is -2.39. The van der Waals surface area contributed by atoms with Crippen LogP contribution >= 0.6 is 11.3 Å². The van der Waals surface area contributed by atoms with E-state index < -0.39 is 19.1 Å². The van der Waals surface area contributed by atoms with Crippen LogP contribution in [0.4, 0.5) is 8.78 Å². The van der Waals surface area contributed by atoms with E-state index in [-0.39, 0.29) is 12.0 Å². The standard InChI is InChI=1S/C11H17F2NOS/c1-8(2)10(9-4-3-5-16-9)14-6-11(12,13)7-15/h3-5,8,10,14-15H,6-7H2,1-2H3. The Balaban J connectivity index is 2.60. The molecule has 0 aliphatic carbocycles.